The van der Waals surface area contributed by atoms with Crippen LogP contribution in [-0.4, -0.2) is 24.9 Å². The molecule has 3 aliphatic carbocycles. The molecule has 160 valence electrons. The van der Waals surface area contributed by atoms with Gasteiger partial charge in [0.15, 0.2) is 0 Å². The molecule has 3 aliphatic rings. The van der Waals surface area contributed by atoms with E-state index in [1.165, 1.54) is 32.1 Å². The van der Waals surface area contributed by atoms with Gasteiger partial charge in [-0.2, -0.15) is 0 Å². The third-order valence-corrected chi connectivity index (χ3v) is 7.73. The van der Waals surface area contributed by atoms with E-state index in [4.69, 9.17) is 4.74 Å². The lowest BCUT2D eigenvalue weighted by Gasteiger charge is -2.49. The summed E-state index contributed by atoms with van der Waals surface area (Å²) in [5.74, 6) is 2.80. The number of rotatable bonds is 9. The zero-order chi connectivity index (χ0) is 20.0. The Morgan fingerprint density at radius 1 is 1.21 bits per heavy atom. The van der Waals surface area contributed by atoms with Crippen LogP contribution in [0.3, 0.4) is 0 Å². The Morgan fingerprint density at radius 2 is 2.07 bits per heavy atom. The van der Waals surface area contributed by atoms with Crippen LogP contribution in [0.15, 0.2) is 24.5 Å². The molecule has 1 N–H and O–H groups in total. The number of halogens is 1. The monoisotopic (exact) mass is 391 g/mol. The van der Waals surface area contributed by atoms with Crippen molar-refractivity contribution in [3.63, 3.8) is 0 Å². The Kier molecular flexibility index (Phi) is 8.02. The summed E-state index contributed by atoms with van der Waals surface area (Å²) in [6.07, 6.45) is 16.3. The molecule has 2 nitrogen and oxygen atoms in total. The number of allylic oxidation sites excluding steroid dienone is 2. The van der Waals surface area contributed by atoms with Crippen molar-refractivity contribution < 1.29 is 9.13 Å². The van der Waals surface area contributed by atoms with E-state index in [0.717, 1.165) is 57.4 Å². The standard InChI is InChI=1S/C25H42FNO/c1-4-7-11-19-12-10-14-23(28-6-3)24(19)27-18-20-15-17-25(26)16-9-8-13-22(25)21(20)5-2/h5,14,19-22,24,27H,2,4,6-13,15-18H2,1,3H3. The Bertz CT molecular complexity index is 533. The van der Waals surface area contributed by atoms with Gasteiger partial charge in [0.05, 0.1) is 12.6 Å². The van der Waals surface area contributed by atoms with Crippen molar-refractivity contribution in [3.05, 3.63) is 24.5 Å². The molecule has 3 rings (SSSR count). The first-order valence-electron chi connectivity index (χ1n) is 12.0. The summed E-state index contributed by atoms with van der Waals surface area (Å²) in [7, 11) is 0. The Labute approximate surface area is 172 Å². The van der Waals surface area contributed by atoms with Crippen molar-refractivity contribution in [2.24, 2.45) is 23.7 Å². The van der Waals surface area contributed by atoms with Gasteiger partial charge in [-0.15, -0.1) is 6.58 Å². The zero-order valence-corrected chi connectivity index (χ0v) is 18.2. The van der Waals surface area contributed by atoms with E-state index in [2.05, 4.69) is 37.9 Å². The van der Waals surface area contributed by atoms with Crippen LogP contribution in [0, 0.1) is 23.7 Å². The number of hydrogen-bond acceptors (Lipinski definition) is 2. The van der Waals surface area contributed by atoms with Gasteiger partial charge in [0.2, 0.25) is 0 Å². The minimum absolute atomic E-state index is 0.184. The van der Waals surface area contributed by atoms with Gasteiger partial charge >= 0.3 is 0 Å². The van der Waals surface area contributed by atoms with Crippen LogP contribution >= 0.6 is 0 Å². The third kappa shape index (κ3) is 4.83. The average Bonchev–Trinajstić information content (AvgIpc) is 2.71. The van der Waals surface area contributed by atoms with Gasteiger partial charge in [-0.3, -0.25) is 0 Å². The second-order valence-corrected chi connectivity index (χ2v) is 9.40. The molecular weight excluding hydrogens is 349 g/mol. The van der Waals surface area contributed by atoms with Gasteiger partial charge in [0, 0.05) is 0 Å². The van der Waals surface area contributed by atoms with Crippen molar-refractivity contribution in [2.75, 3.05) is 13.2 Å². The number of hydrogen-bond donors (Lipinski definition) is 1. The van der Waals surface area contributed by atoms with Crippen LogP contribution in [0.5, 0.6) is 0 Å². The summed E-state index contributed by atoms with van der Waals surface area (Å²) in [6.45, 7) is 10.2. The predicted molar refractivity (Wildman–Crippen MR) is 116 cm³/mol. The van der Waals surface area contributed by atoms with Gasteiger partial charge in [0.1, 0.15) is 11.4 Å². The van der Waals surface area contributed by atoms with E-state index in [-0.39, 0.29) is 5.92 Å². The maximum absolute atomic E-state index is 15.5. The van der Waals surface area contributed by atoms with Crippen molar-refractivity contribution in [1.29, 1.82) is 0 Å². The molecule has 6 atom stereocenters. The van der Waals surface area contributed by atoms with Crippen LogP contribution in [0.4, 0.5) is 4.39 Å². The van der Waals surface area contributed by atoms with E-state index in [0.29, 0.717) is 23.8 Å². The lowest BCUT2D eigenvalue weighted by atomic mass is 9.60. The van der Waals surface area contributed by atoms with E-state index in [1.54, 1.807) is 0 Å². The van der Waals surface area contributed by atoms with E-state index in [9.17, 15) is 0 Å². The molecular formula is C25H42FNO. The van der Waals surface area contributed by atoms with Gasteiger partial charge in [-0.25, -0.2) is 4.39 Å². The molecule has 0 radical (unpaired) electrons. The molecule has 2 saturated carbocycles. The lowest BCUT2D eigenvalue weighted by molar-refractivity contribution is -0.0431. The van der Waals surface area contributed by atoms with Crippen molar-refractivity contribution in [1.82, 2.24) is 5.32 Å². The Morgan fingerprint density at radius 3 is 2.82 bits per heavy atom. The number of nitrogens with one attached hydrogen (secondary N) is 1. The van der Waals surface area contributed by atoms with Gasteiger partial charge in [0.25, 0.3) is 0 Å². The molecule has 0 bridgehead atoms. The molecule has 3 heteroatoms. The summed E-state index contributed by atoms with van der Waals surface area (Å²) in [4.78, 5) is 0. The number of alkyl halides is 1. The highest BCUT2D eigenvalue weighted by molar-refractivity contribution is 5.11. The van der Waals surface area contributed by atoms with Crippen LogP contribution in [0.25, 0.3) is 0 Å². The van der Waals surface area contributed by atoms with E-state index < -0.39 is 5.67 Å². The van der Waals surface area contributed by atoms with Crippen molar-refractivity contribution >= 4 is 0 Å². The SMILES string of the molecule is C=CC1C(CNC2C(OCC)=CCCC2CCCC)CCC2(F)CCCCC12. The van der Waals surface area contributed by atoms with Crippen molar-refractivity contribution in [2.45, 2.75) is 96.2 Å². The normalized spacial score (nSPS) is 38.4. The highest BCUT2D eigenvalue weighted by Gasteiger charge is 2.49. The minimum Gasteiger partial charge on any atom is -0.497 e. The Balaban J connectivity index is 1.66. The largest absolute Gasteiger partial charge is 0.497 e. The minimum atomic E-state index is -0.932. The fourth-order valence-corrected chi connectivity index (χ4v) is 6.22. The fourth-order valence-electron chi connectivity index (χ4n) is 6.22. The molecule has 0 amide bonds. The van der Waals surface area contributed by atoms with Crippen LogP contribution in [0.1, 0.15) is 84.5 Å². The quantitative estimate of drug-likeness (QED) is 0.448. The lowest BCUT2D eigenvalue weighted by Crippen LogP contribution is -2.50. The van der Waals surface area contributed by atoms with E-state index in [1.807, 2.05) is 0 Å². The molecule has 2 fully saturated rings. The zero-order valence-electron chi connectivity index (χ0n) is 18.2. The predicted octanol–water partition coefficient (Wildman–Crippen LogP) is 6.58. The highest BCUT2D eigenvalue weighted by Crippen LogP contribution is 2.51. The molecule has 0 aromatic carbocycles. The summed E-state index contributed by atoms with van der Waals surface area (Å²) in [6, 6.07) is 0.328. The molecule has 0 heterocycles. The van der Waals surface area contributed by atoms with Crippen LogP contribution in [-0.2, 0) is 4.74 Å². The molecule has 28 heavy (non-hydrogen) atoms. The van der Waals surface area contributed by atoms with Gasteiger partial charge in [-0.05, 0) is 88.2 Å². The number of fused-ring (bicyclic) bond motifs is 1. The van der Waals surface area contributed by atoms with Gasteiger partial charge in [-0.1, -0.05) is 38.7 Å². The molecule has 0 aliphatic heterocycles. The molecule has 0 aromatic heterocycles. The number of unbranched alkanes of at least 4 members (excludes halogenated alkanes) is 1. The summed E-state index contributed by atoms with van der Waals surface area (Å²) < 4.78 is 21.5. The smallest absolute Gasteiger partial charge is 0.114 e. The second kappa shape index (κ2) is 10.3. The van der Waals surface area contributed by atoms with Crippen LogP contribution < -0.4 is 5.32 Å². The molecule has 0 aromatic rings. The topological polar surface area (TPSA) is 21.3 Å². The van der Waals surface area contributed by atoms with Gasteiger partial charge < -0.3 is 10.1 Å². The second-order valence-electron chi connectivity index (χ2n) is 9.40. The van der Waals surface area contributed by atoms with E-state index >= 15 is 4.39 Å². The maximum Gasteiger partial charge on any atom is 0.114 e. The maximum atomic E-state index is 15.5. The van der Waals surface area contributed by atoms with Crippen LogP contribution in [0.2, 0.25) is 0 Å². The molecule has 0 spiro atoms. The fraction of sp³-hybridized carbons (Fsp3) is 0.840. The third-order valence-electron chi connectivity index (χ3n) is 7.73. The average molecular weight is 392 g/mol. The molecule has 0 saturated heterocycles. The summed E-state index contributed by atoms with van der Waals surface area (Å²) in [5.41, 5.74) is -0.932. The first-order valence-corrected chi connectivity index (χ1v) is 12.0. The van der Waals surface area contributed by atoms with Crippen molar-refractivity contribution in [3.8, 4) is 0 Å². The highest BCUT2D eigenvalue weighted by atomic mass is 19.1. The molecule has 6 unspecified atom stereocenters. The summed E-state index contributed by atoms with van der Waals surface area (Å²) in [5, 5.41) is 3.89. The Hall–Kier alpha value is -0.830. The summed E-state index contributed by atoms with van der Waals surface area (Å²) >= 11 is 0. The number of ether oxygens (including phenoxy) is 1. The first kappa shape index (κ1) is 21.9. The first-order chi connectivity index (χ1) is 13.6.